The fourth-order valence-electron chi connectivity index (χ4n) is 5.55. The Morgan fingerprint density at radius 2 is 1.93 bits per heavy atom. The van der Waals surface area contributed by atoms with Crippen LogP contribution in [-0.4, -0.2) is 26.7 Å². The van der Waals surface area contributed by atoms with Crippen molar-refractivity contribution >= 4 is 15.9 Å². The van der Waals surface area contributed by atoms with E-state index in [1.165, 1.54) is 31.4 Å². The summed E-state index contributed by atoms with van der Waals surface area (Å²) in [6, 6.07) is 2.88. The van der Waals surface area contributed by atoms with Gasteiger partial charge in [-0.2, -0.15) is 0 Å². The molecule has 7 heteroatoms. The van der Waals surface area contributed by atoms with Gasteiger partial charge in [0.25, 0.3) is 5.91 Å². The quantitative estimate of drug-likeness (QED) is 0.751. The Morgan fingerprint density at radius 1 is 1.21 bits per heavy atom. The van der Waals surface area contributed by atoms with Gasteiger partial charge in [-0.15, -0.1) is 0 Å². The first-order chi connectivity index (χ1) is 13.6. The molecular weight excluding hydrogens is 393 g/mol. The van der Waals surface area contributed by atoms with Gasteiger partial charge in [0.2, 0.25) is 10.0 Å². The summed E-state index contributed by atoms with van der Waals surface area (Å²) in [5.41, 5.74) is 1.47. The molecule has 0 heterocycles. The number of rotatable bonds is 6. The van der Waals surface area contributed by atoms with Crippen LogP contribution < -0.4 is 4.72 Å². The molecule has 3 aliphatic carbocycles. The zero-order valence-corrected chi connectivity index (χ0v) is 18.1. The number of ether oxygens (including phenoxy) is 1. The lowest BCUT2D eigenvalue weighted by Gasteiger charge is -2.24. The second-order valence-corrected chi connectivity index (χ2v) is 11.2. The minimum Gasteiger partial charge on any atom is -0.373 e. The van der Waals surface area contributed by atoms with Crippen LogP contribution in [0, 0.1) is 29.5 Å². The Morgan fingerprint density at radius 3 is 2.59 bits per heavy atom. The standard InChI is InChI=1S/C22H30FNO4S/c1-12-6-15-8-13(2)21(18(15)7-12)28-11-16-9-20(23)19(10-17(16)14-4-5-14)22(25)24-29(3,26)27/h9-10,12-15,18,21H,4-8,11H2,1-3H3,(H,24,25). The molecule has 0 saturated heterocycles. The maximum atomic E-state index is 14.7. The fraction of sp³-hybridized carbons (Fsp3) is 0.682. The summed E-state index contributed by atoms with van der Waals surface area (Å²) in [6.07, 6.45) is 6.76. The van der Waals surface area contributed by atoms with Crippen molar-refractivity contribution in [2.45, 2.75) is 64.6 Å². The molecule has 5 atom stereocenters. The molecule has 1 amide bonds. The number of hydrogen-bond acceptors (Lipinski definition) is 4. The highest BCUT2D eigenvalue weighted by molar-refractivity contribution is 7.89. The Hall–Kier alpha value is -1.47. The molecule has 0 aliphatic heterocycles. The van der Waals surface area contributed by atoms with E-state index in [0.717, 1.165) is 42.1 Å². The van der Waals surface area contributed by atoms with E-state index in [9.17, 15) is 17.6 Å². The second-order valence-electron chi connectivity index (χ2n) is 9.50. The summed E-state index contributed by atoms with van der Waals surface area (Å²) in [6.45, 7) is 4.89. The van der Waals surface area contributed by atoms with Crippen molar-refractivity contribution in [3.8, 4) is 0 Å². The van der Waals surface area contributed by atoms with Gasteiger partial charge in [-0.1, -0.05) is 13.8 Å². The van der Waals surface area contributed by atoms with Crippen LogP contribution in [0.15, 0.2) is 12.1 Å². The molecule has 0 radical (unpaired) electrons. The first-order valence-electron chi connectivity index (χ1n) is 10.6. The van der Waals surface area contributed by atoms with E-state index in [1.807, 2.05) is 4.72 Å². The smallest absolute Gasteiger partial charge is 0.267 e. The summed E-state index contributed by atoms with van der Waals surface area (Å²) < 4.78 is 45.6. The van der Waals surface area contributed by atoms with Crippen LogP contribution in [0.3, 0.4) is 0 Å². The van der Waals surface area contributed by atoms with Gasteiger partial charge in [-0.25, -0.2) is 17.5 Å². The predicted octanol–water partition coefficient (Wildman–Crippen LogP) is 3.98. The number of sulfonamides is 1. The normalized spacial score (nSPS) is 31.7. The predicted molar refractivity (Wildman–Crippen MR) is 108 cm³/mol. The average molecular weight is 424 g/mol. The molecule has 4 rings (SSSR count). The lowest BCUT2D eigenvalue weighted by molar-refractivity contribution is -0.0107. The van der Waals surface area contributed by atoms with Crippen LogP contribution in [-0.2, 0) is 21.4 Å². The number of carbonyl (C=O) groups is 1. The van der Waals surface area contributed by atoms with Crippen LogP contribution in [0.1, 0.15) is 73.4 Å². The third kappa shape index (κ3) is 4.50. The third-order valence-electron chi connectivity index (χ3n) is 6.84. The number of fused-ring (bicyclic) bond motifs is 1. The van der Waals surface area contributed by atoms with Gasteiger partial charge < -0.3 is 4.74 Å². The molecule has 5 unspecified atom stereocenters. The molecule has 3 saturated carbocycles. The van der Waals surface area contributed by atoms with Gasteiger partial charge in [0.1, 0.15) is 5.82 Å². The average Bonchev–Trinajstić information content (AvgIpc) is 3.31. The molecule has 0 bridgehead atoms. The van der Waals surface area contributed by atoms with Crippen molar-refractivity contribution in [2.24, 2.45) is 23.7 Å². The molecule has 3 aliphatic rings. The Balaban J connectivity index is 1.53. The maximum Gasteiger partial charge on any atom is 0.267 e. The minimum atomic E-state index is -3.75. The SMILES string of the molecule is CC1CC2CC(C)C(OCc3cc(F)c(C(=O)NS(C)(=O)=O)cc3C3CC3)C2C1. The van der Waals surface area contributed by atoms with E-state index in [-0.39, 0.29) is 11.7 Å². The Kier molecular flexibility index (Phi) is 5.49. The number of carbonyl (C=O) groups excluding carboxylic acids is 1. The van der Waals surface area contributed by atoms with E-state index in [2.05, 4.69) is 13.8 Å². The van der Waals surface area contributed by atoms with E-state index >= 15 is 0 Å². The van der Waals surface area contributed by atoms with Crippen molar-refractivity contribution in [2.75, 3.05) is 6.26 Å². The summed E-state index contributed by atoms with van der Waals surface area (Å²) in [5.74, 6) is 1.25. The van der Waals surface area contributed by atoms with E-state index in [0.29, 0.717) is 24.4 Å². The van der Waals surface area contributed by atoms with Gasteiger partial charge in [-0.05, 0) is 85.0 Å². The molecule has 29 heavy (non-hydrogen) atoms. The molecular formula is C22H30FNO4S. The lowest BCUT2D eigenvalue weighted by atomic mass is 9.96. The van der Waals surface area contributed by atoms with Crippen molar-refractivity contribution in [3.63, 3.8) is 0 Å². The molecule has 5 nitrogen and oxygen atoms in total. The zero-order chi connectivity index (χ0) is 20.9. The number of nitrogens with one attached hydrogen (secondary N) is 1. The topological polar surface area (TPSA) is 72.5 Å². The monoisotopic (exact) mass is 423 g/mol. The Labute approximate surface area is 172 Å². The molecule has 1 aromatic rings. The number of hydrogen-bond donors (Lipinski definition) is 1. The van der Waals surface area contributed by atoms with E-state index in [1.54, 1.807) is 0 Å². The Bertz CT molecular complexity index is 912. The maximum absolute atomic E-state index is 14.7. The van der Waals surface area contributed by atoms with Gasteiger partial charge in [0.15, 0.2) is 0 Å². The van der Waals surface area contributed by atoms with Crippen LogP contribution >= 0.6 is 0 Å². The second kappa shape index (κ2) is 7.65. The first kappa shape index (κ1) is 20.8. The molecule has 0 aromatic heterocycles. The number of benzene rings is 1. The highest BCUT2D eigenvalue weighted by Crippen LogP contribution is 2.50. The molecule has 1 N–H and O–H groups in total. The first-order valence-corrected chi connectivity index (χ1v) is 12.5. The van der Waals surface area contributed by atoms with Crippen LogP contribution in [0.2, 0.25) is 0 Å². The van der Waals surface area contributed by atoms with Gasteiger partial charge in [0.05, 0.1) is 24.5 Å². The lowest BCUT2D eigenvalue weighted by Crippen LogP contribution is -2.30. The van der Waals surface area contributed by atoms with Gasteiger partial charge >= 0.3 is 0 Å². The van der Waals surface area contributed by atoms with Crippen molar-refractivity contribution in [1.29, 1.82) is 0 Å². The zero-order valence-electron chi connectivity index (χ0n) is 17.3. The summed E-state index contributed by atoms with van der Waals surface area (Å²) >= 11 is 0. The molecule has 3 fully saturated rings. The third-order valence-corrected chi connectivity index (χ3v) is 7.40. The summed E-state index contributed by atoms with van der Waals surface area (Å²) in [4.78, 5) is 12.2. The van der Waals surface area contributed by atoms with Crippen molar-refractivity contribution in [1.82, 2.24) is 4.72 Å². The van der Waals surface area contributed by atoms with Crippen LogP contribution in [0.25, 0.3) is 0 Å². The fourth-order valence-corrected chi connectivity index (χ4v) is 6.00. The molecule has 160 valence electrons. The summed E-state index contributed by atoms with van der Waals surface area (Å²) in [5, 5.41) is 0. The minimum absolute atomic E-state index is 0.202. The largest absolute Gasteiger partial charge is 0.373 e. The van der Waals surface area contributed by atoms with Crippen LogP contribution in [0.4, 0.5) is 4.39 Å². The van der Waals surface area contributed by atoms with Crippen molar-refractivity contribution in [3.05, 3.63) is 34.6 Å². The molecule has 1 aromatic carbocycles. The van der Waals surface area contributed by atoms with E-state index < -0.39 is 21.7 Å². The highest BCUT2D eigenvalue weighted by atomic mass is 32.2. The van der Waals surface area contributed by atoms with Crippen LogP contribution in [0.5, 0.6) is 0 Å². The highest BCUT2D eigenvalue weighted by Gasteiger charge is 2.46. The van der Waals surface area contributed by atoms with E-state index in [4.69, 9.17) is 4.74 Å². The number of amides is 1. The van der Waals surface area contributed by atoms with Crippen molar-refractivity contribution < 1.29 is 22.3 Å². The van der Waals surface area contributed by atoms with Gasteiger partial charge in [0, 0.05) is 0 Å². The van der Waals surface area contributed by atoms with Gasteiger partial charge in [-0.3, -0.25) is 4.79 Å². The molecule has 0 spiro atoms. The number of halogens is 1. The summed E-state index contributed by atoms with van der Waals surface area (Å²) in [7, 11) is -3.75.